The van der Waals surface area contributed by atoms with Gasteiger partial charge in [-0.05, 0) is 69.2 Å². The van der Waals surface area contributed by atoms with Crippen LogP contribution in [0.2, 0.25) is 0 Å². The van der Waals surface area contributed by atoms with E-state index in [1.54, 1.807) is 12.1 Å². The molecule has 0 heterocycles. The highest BCUT2D eigenvalue weighted by molar-refractivity contribution is 5.17. The van der Waals surface area contributed by atoms with Gasteiger partial charge in [-0.1, -0.05) is 12.1 Å². The topological polar surface area (TPSA) is 32.3 Å². The highest BCUT2D eigenvalue weighted by Gasteiger charge is 2.19. The smallest absolute Gasteiger partial charge is 0.123 e. The summed E-state index contributed by atoms with van der Waals surface area (Å²) in [6.45, 7) is 3.14. The Balaban J connectivity index is 1.71. The molecule has 2 nitrogen and oxygen atoms in total. The summed E-state index contributed by atoms with van der Waals surface area (Å²) in [6.07, 6.45) is 4.87. The van der Waals surface area contributed by atoms with Gasteiger partial charge in [0.25, 0.3) is 0 Å². The Morgan fingerprint density at radius 2 is 2.05 bits per heavy atom. The minimum Gasteiger partial charge on any atom is -0.393 e. The molecule has 2 N–H and O–H groups in total. The van der Waals surface area contributed by atoms with Crippen LogP contribution >= 0.6 is 0 Å². The van der Waals surface area contributed by atoms with Crippen molar-refractivity contribution in [3.8, 4) is 0 Å². The number of halogens is 1. The van der Waals surface area contributed by atoms with Crippen LogP contribution in [0, 0.1) is 11.7 Å². The second kappa shape index (κ2) is 7.01. The van der Waals surface area contributed by atoms with Crippen molar-refractivity contribution >= 4 is 0 Å². The second-order valence-corrected chi connectivity index (χ2v) is 5.82. The van der Waals surface area contributed by atoms with Crippen LogP contribution in [0.15, 0.2) is 24.3 Å². The first-order valence-corrected chi connectivity index (χ1v) is 7.29. The molecule has 1 atom stereocenters. The van der Waals surface area contributed by atoms with Crippen LogP contribution in [0.25, 0.3) is 0 Å². The fourth-order valence-corrected chi connectivity index (χ4v) is 2.81. The van der Waals surface area contributed by atoms with Crippen molar-refractivity contribution in [3.63, 3.8) is 0 Å². The lowest BCUT2D eigenvalue weighted by atomic mass is 9.87. The molecule has 1 saturated carbocycles. The van der Waals surface area contributed by atoms with Gasteiger partial charge >= 0.3 is 0 Å². The monoisotopic (exact) mass is 265 g/mol. The molecule has 2 rings (SSSR count). The SMILES string of the molecule is CC(Cc1cccc(F)c1)NCC1CCC(O)CC1. The summed E-state index contributed by atoms with van der Waals surface area (Å²) < 4.78 is 13.1. The summed E-state index contributed by atoms with van der Waals surface area (Å²) in [6, 6.07) is 7.18. The Kier molecular flexibility index (Phi) is 5.34. The van der Waals surface area contributed by atoms with E-state index in [-0.39, 0.29) is 11.9 Å². The number of nitrogens with one attached hydrogen (secondary N) is 1. The lowest BCUT2D eigenvalue weighted by Crippen LogP contribution is -2.34. The third kappa shape index (κ3) is 4.92. The molecule has 0 radical (unpaired) electrons. The zero-order valence-corrected chi connectivity index (χ0v) is 11.6. The van der Waals surface area contributed by atoms with E-state index in [4.69, 9.17) is 0 Å². The molecule has 1 aliphatic rings. The van der Waals surface area contributed by atoms with E-state index in [1.807, 2.05) is 6.07 Å². The largest absolute Gasteiger partial charge is 0.393 e. The maximum absolute atomic E-state index is 13.1. The first kappa shape index (κ1) is 14.5. The average molecular weight is 265 g/mol. The van der Waals surface area contributed by atoms with Gasteiger partial charge in [0.15, 0.2) is 0 Å². The minimum atomic E-state index is -0.161. The van der Waals surface area contributed by atoms with Crippen molar-refractivity contribution in [2.75, 3.05) is 6.54 Å². The Morgan fingerprint density at radius 1 is 1.32 bits per heavy atom. The zero-order valence-electron chi connectivity index (χ0n) is 11.6. The van der Waals surface area contributed by atoms with Gasteiger partial charge in [-0.15, -0.1) is 0 Å². The third-order valence-electron chi connectivity index (χ3n) is 4.00. The van der Waals surface area contributed by atoms with Crippen molar-refractivity contribution in [2.24, 2.45) is 5.92 Å². The molecule has 1 aliphatic carbocycles. The molecule has 1 fully saturated rings. The van der Waals surface area contributed by atoms with E-state index in [2.05, 4.69) is 12.2 Å². The highest BCUT2D eigenvalue weighted by atomic mass is 19.1. The quantitative estimate of drug-likeness (QED) is 0.858. The van der Waals surface area contributed by atoms with Crippen LogP contribution in [-0.2, 0) is 6.42 Å². The van der Waals surface area contributed by atoms with Crippen molar-refractivity contribution in [3.05, 3.63) is 35.6 Å². The molecule has 1 aromatic rings. The molecular formula is C16H24FNO. The minimum absolute atomic E-state index is 0.0824. The molecular weight excluding hydrogens is 241 g/mol. The molecule has 106 valence electrons. The van der Waals surface area contributed by atoms with E-state index in [0.29, 0.717) is 12.0 Å². The summed E-state index contributed by atoms with van der Waals surface area (Å²) in [7, 11) is 0. The molecule has 0 spiro atoms. The van der Waals surface area contributed by atoms with E-state index in [0.717, 1.165) is 44.2 Å². The van der Waals surface area contributed by atoms with Gasteiger partial charge in [0.2, 0.25) is 0 Å². The summed E-state index contributed by atoms with van der Waals surface area (Å²) in [5, 5.41) is 13.0. The van der Waals surface area contributed by atoms with Crippen molar-refractivity contribution in [1.29, 1.82) is 0 Å². The predicted octanol–water partition coefficient (Wildman–Crippen LogP) is 2.90. The number of aliphatic hydroxyl groups is 1. The maximum atomic E-state index is 13.1. The molecule has 0 bridgehead atoms. The van der Waals surface area contributed by atoms with Crippen molar-refractivity contribution < 1.29 is 9.50 Å². The molecule has 0 aromatic heterocycles. The lowest BCUT2D eigenvalue weighted by molar-refractivity contribution is 0.108. The molecule has 0 amide bonds. The van der Waals surface area contributed by atoms with Crippen LogP contribution in [0.4, 0.5) is 4.39 Å². The van der Waals surface area contributed by atoms with E-state index in [9.17, 15) is 9.50 Å². The number of benzene rings is 1. The molecule has 0 saturated heterocycles. The third-order valence-corrected chi connectivity index (χ3v) is 4.00. The maximum Gasteiger partial charge on any atom is 0.123 e. The Morgan fingerprint density at radius 3 is 2.74 bits per heavy atom. The van der Waals surface area contributed by atoms with Crippen LogP contribution in [0.5, 0.6) is 0 Å². The second-order valence-electron chi connectivity index (χ2n) is 5.82. The molecule has 1 aromatic carbocycles. The molecule has 1 unspecified atom stereocenters. The predicted molar refractivity (Wildman–Crippen MR) is 75.5 cm³/mol. The van der Waals surface area contributed by atoms with Crippen LogP contribution in [0.1, 0.15) is 38.2 Å². The molecule has 0 aliphatic heterocycles. The van der Waals surface area contributed by atoms with Gasteiger partial charge in [0.05, 0.1) is 6.10 Å². The van der Waals surface area contributed by atoms with E-state index < -0.39 is 0 Å². The summed E-state index contributed by atoms with van der Waals surface area (Å²) in [5.74, 6) is 0.518. The van der Waals surface area contributed by atoms with Gasteiger partial charge < -0.3 is 10.4 Å². The normalized spacial score (nSPS) is 25.2. The van der Waals surface area contributed by atoms with Crippen molar-refractivity contribution in [2.45, 2.75) is 51.2 Å². The average Bonchev–Trinajstić information content (AvgIpc) is 2.38. The van der Waals surface area contributed by atoms with Crippen LogP contribution in [0.3, 0.4) is 0 Å². The fourth-order valence-electron chi connectivity index (χ4n) is 2.81. The van der Waals surface area contributed by atoms with Gasteiger partial charge in [-0.25, -0.2) is 4.39 Å². The number of hydrogen-bond donors (Lipinski definition) is 2. The highest BCUT2D eigenvalue weighted by Crippen LogP contribution is 2.23. The molecule has 19 heavy (non-hydrogen) atoms. The van der Waals surface area contributed by atoms with E-state index in [1.165, 1.54) is 6.07 Å². The Hall–Kier alpha value is -0.930. The summed E-state index contributed by atoms with van der Waals surface area (Å²) >= 11 is 0. The van der Waals surface area contributed by atoms with Gasteiger partial charge in [-0.3, -0.25) is 0 Å². The molecule has 3 heteroatoms. The summed E-state index contributed by atoms with van der Waals surface area (Å²) in [5.41, 5.74) is 1.04. The fraction of sp³-hybridized carbons (Fsp3) is 0.625. The number of hydrogen-bond acceptors (Lipinski definition) is 2. The van der Waals surface area contributed by atoms with Crippen molar-refractivity contribution in [1.82, 2.24) is 5.32 Å². The first-order valence-electron chi connectivity index (χ1n) is 7.29. The Labute approximate surface area is 115 Å². The van der Waals surface area contributed by atoms with E-state index >= 15 is 0 Å². The number of rotatable bonds is 5. The first-order chi connectivity index (χ1) is 9.13. The Bertz CT molecular complexity index is 388. The van der Waals surface area contributed by atoms with Crippen LogP contribution in [-0.4, -0.2) is 23.8 Å². The van der Waals surface area contributed by atoms with Gasteiger partial charge in [0.1, 0.15) is 5.82 Å². The number of aliphatic hydroxyl groups excluding tert-OH is 1. The van der Waals surface area contributed by atoms with Crippen LogP contribution < -0.4 is 5.32 Å². The summed E-state index contributed by atoms with van der Waals surface area (Å²) in [4.78, 5) is 0. The van der Waals surface area contributed by atoms with Gasteiger partial charge in [-0.2, -0.15) is 0 Å². The standard InChI is InChI=1S/C16H24FNO/c1-12(9-14-3-2-4-15(17)10-14)18-11-13-5-7-16(19)8-6-13/h2-4,10,12-13,16,18-19H,5-9,11H2,1H3. The zero-order chi connectivity index (χ0) is 13.7. The lowest BCUT2D eigenvalue weighted by Gasteiger charge is -2.27. The van der Waals surface area contributed by atoms with Gasteiger partial charge in [0, 0.05) is 6.04 Å².